The van der Waals surface area contributed by atoms with Crippen LogP contribution >= 0.6 is 15.9 Å². The Hall–Kier alpha value is -0.780. The predicted molar refractivity (Wildman–Crippen MR) is 89.2 cm³/mol. The number of halogens is 1. The van der Waals surface area contributed by atoms with Crippen molar-refractivity contribution in [3.8, 4) is 11.5 Å². The molecule has 0 spiro atoms. The van der Waals surface area contributed by atoms with Crippen molar-refractivity contribution in [2.24, 2.45) is 0 Å². The number of nitrogens with one attached hydrogen (secondary N) is 1. The smallest absolute Gasteiger partial charge is 0.161 e. The summed E-state index contributed by atoms with van der Waals surface area (Å²) in [6.45, 7) is 3.11. The molecule has 118 valence electrons. The number of piperidine rings is 1. The van der Waals surface area contributed by atoms with Gasteiger partial charge in [-0.1, -0.05) is 22.4 Å². The molecule has 2 rings (SSSR count). The van der Waals surface area contributed by atoms with Crippen molar-refractivity contribution in [1.29, 1.82) is 0 Å². The zero-order valence-electron chi connectivity index (χ0n) is 13.1. The van der Waals surface area contributed by atoms with Gasteiger partial charge in [0.1, 0.15) is 0 Å². The maximum atomic E-state index is 5.39. The van der Waals surface area contributed by atoms with E-state index in [4.69, 9.17) is 9.47 Å². The third-order valence-electron chi connectivity index (χ3n) is 3.94. The van der Waals surface area contributed by atoms with Crippen molar-refractivity contribution >= 4 is 15.9 Å². The molecule has 0 aromatic heterocycles. The third kappa shape index (κ3) is 4.59. The minimum atomic E-state index is 0.614. The van der Waals surface area contributed by atoms with Crippen LogP contribution in [0.5, 0.6) is 11.5 Å². The second-order valence-electron chi connectivity index (χ2n) is 5.64. The lowest BCUT2D eigenvalue weighted by Gasteiger charge is -2.28. The molecule has 1 aliphatic rings. The van der Waals surface area contributed by atoms with Crippen LogP contribution in [0.4, 0.5) is 0 Å². The van der Waals surface area contributed by atoms with Gasteiger partial charge in [-0.3, -0.25) is 0 Å². The van der Waals surface area contributed by atoms with E-state index >= 15 is 0 Å². The highest BCUT2D eigenvalue weighted by atomic mass is 79.9. The minimum absolute atomic E-state index is 0.614. The second-order valence-corrected chi connectivity index (χ2v) is 6.50. The molecule has 0 radical (unpaired) electrons. The van der Waals surface area contributed by atoms with Gasteiger partial charge >= 0.3 is 0 Å². The summed E-state index contributed by atoms with van der Waals surface area (Å²) in [5.41, 5.74) is 1.21. The summed E-state index contributed by atoms with van der Waals surface area (Å²) in [5.74, 6) is 1.53. The fourth-order valence-electron chi connectivity index (χ4n) is 2.83. The number of hydrogen-bond donors (Lipinski definition) is 1. The first-order valence-corrected chi connectivity index (χ1v) is 8.25. The molecule has 1 aliphatic heterocycles. The normalized spacial score (nSPS) is 18.8. The largest absolute Gasteiger partial charge is 0.493 e. The summed E-state index contributed by atoms with van der Waals surface area (Å²) in [5, 5.41) is 3.59. The molecule has 1 N–H and O–H groups in total. The number of likely N-dealkylation sites (N-methyl/N-ethyl adjacent to an activating group) is 1. The van der Waals surface area contributed by atoms with Crippen LogP contribution in [-0.2, 0) is 6.54 Å². The van der Waals surface area contributed by atoms with E-state index in [1.54, 1.807) is 14.2 Å². The van der Waals surface area contributed by atoms with Gasteiger partial charge in [-0.25, -0.2) is 0 Å². The molecular formula is C16H25BrN2O2. The first kappa shape index (κ1) is 16.6. The average Bonchev–Trinajstić information content (AvgIpc) is 2.49. The lowest BCUT2D eigenvalue weighted by molar-refractivity contribution is 0.255. The molecule has 1 aromatic carbocycles. The van der Waals surface area contributed by atoms with Crippen molar-refractivity contribution in [3.05, 3.63) is 22.2 Å². The minimum Gasteiger partial charge on any atom is -0.493 e. The van der Waals surface area contributed by atoms with Crippen LogP contribution in [0.2, 0.25) is 0 Å². The molecule has 4 nitrogen and oxygen atoms in total. The molecule has 0 bridgehead atoms. The van der Waals surface area contributed by atoms with E-state index in [1.165, 1.54) is 24.8 Å². The Morgan fingerprint density at radius 1 is 1.24 bits per heavy atom. The van der Waals surface area contributed by atoms with Crippen molar-refractivity contribution in [3.63, 3.8) is 0 Å². The van der Waals surface area contributed by atoms with Gasteiger partial charge in [0.05, 0.1) is 14.2 Å². The third-order valence-corrected chi connectivity index (χ3v) is 4.68. The standard InChI is InChI=1S/C16H25BrN2O2/c1-19(11-13-6-4-5-7-18-13)10-12-8-15(20-2)16(21-3)9-14(12)17/h8-9,13,18H,4-7,10-11H2,1-3H3. The van der Waals surface area contributed by atoms with Gasteiger partial charge in [0.25, 0.3) is 0 Å². The molecule has 1 fully saturated rings. The molecule has 1 atom stereocenters. The predicted octanol–water partition coefficient (Wildman–Crippen LogP) is 3.04. The molecule has 1 heterocycles. The van der Waals surface area contributed by atoms with E-state index in [9.17, 15) is 0 Å². The zero-order chi connectivity index (χ0) is 15.2. The summed E-state index contributed by atoms with van der Waals surface area (Å²) < 4.78 is 11.8. The summed E-state index contributed by atoms with van der Waals surface area (Å²) in [4.78, 5) is 2.36. The Bertz CT molecular complexity index is 462. The number of hydrogen-bond acceptors (Lipinski definition) is 4. The molecule has 0 amide bonds. The van der Waals surface area contributed by atoms with Crippen LogP contribution in [0.3, 0.4) is 0 Å². The fourth-order valence-corrected chi connectivity index (χ4v) is 3.28. The Morgan fingerprint density at radius 3 is 2.57 bits per heavy atom. The van der Waals surface area contributed by atoms with Gasteiger partial charge in [-0.2, -0.15) is 0 Å². The molecule has 21 heavy (non-hydrogen) atoms. The highest BCUT2D eigenvalue weighted by Gasteiger charge is 2.16. The molecule has 0 saturated carbocycles. The van der Waals surface area contributed by atoms with E-state index in [2.05, 4.69) is 33.2 Å². The molecule has 1 saturated heterocycles. The van der Waals surface area contributed by atoms with E-state index in [0.29, 0.717) is 6.04 Å². The van der Waals surface area contributed by atoms with Crippen molar-refractivity contribution in [2.45, 2.75) is 31.8 Å². The molecule has 0 aliphatic carbocycles. The SMILES string of the molecule is COc1cc(Br)c(CN(C)CC2CCCCN2)cc1OC. The summed E-state index contributed by atoms with van der Waals surface area (Å²) in [6, 6.07) is 4.64. The Kier molecular flexibility index (Phi) is 6.33. The van der Waals surface area contributed by atoms with Crippen molar-refractivity contribution in [2.75, 3.05) is 34.4 Å². The fraction of sp³-hybridized carbons (Fsp3) is 0.625. The van der Waals surface area contributed by atoms with Crippen LogP contribution in [-0.4, -0.2) is 45.3 Å². The molecule has 5 heteroatoms. The lowest BCUT2D eigenvalue weighted by atomic mass is 10.0. The average molecular weight is 357 g/mol. The van der Waals surface area contributed by atoms with Crippen molar-refractivity contribution in [1.82, 2.24) is 10.2 Å². The highest BCUT2D eigenvalue weighted by molar-refractivity contribution is 9.10. The summed E-state index contributed by atoms with van der Waals surface area (Å²) in [7, 11) is 5.50. The molecule has 1 aromatic rings. The van der Waals surface area contributed by atoms with Gasteiger partial charge in [0, 0.05) is 23.6 Å². The van der Waals surface area contributed by atoms with Gasteiger partial charge in [0.2, 0.25) is 0 Å². The van der Waals surface area contributed by atoms with Gasteiger partial charge in [-0.05, 0) is 44.1 Å². The molecular weight excluding hydrogens is 332 g/mol. The number of nitrogens with zero attached hydrogens (tertiary/aromatic N) is 1. The first-order chi connectivity index (χ1) is 10.1. The number of rotatable bonds is 6. The Balaban J connectivity index is 2.00. The zero-order valence-corrected chi connectivity index (χ0v) is 14.7. The lowest BCUT2D eigenvalue weighted by Crippen LogP contribution is -2.42. The second kappa shape index (κ2) is 8.01. The number of ether oxygens (including phenoxy) is 2. The van der Waals surface area contributed by atoms with Gasteiger partial charge < -0.3 is 19.7 Å². The number of methoxy groups -OCH3 is 2. The topological polar surface area (TPSA) is 33.7 Å². The van der Waals surface area contributed by atoms with Crippen LogP contribution in [0.25, 0.3) is 0 Å². The molecule has 1 unspecified atom stereocenters. The Labute approximate surface area is 135 Å². The summed E-state index contributed by atoms with van der Waals surface area (Å²) in [6.07, 6.45) is 3.92. The van der Waals surface area contributed by atoms with Crippen LogP contribution in [0.15, 0.2) is 16.6 Å². The van der Waals surface area contributed by atoms with Gasteiger partial charge in [-0.15, -0.1) is 0 Å². The quantitative estimate of drug-likeness (QED) is 0.849. The van der Waals surface area contributed by atoms with E-state index in [0.717, 1.165) is 35.6 Å². The summed E-state index contributed by atoms with van der Waals surface area (Å²) >= 11 is 3.63. The first-order valence-electron chi connectivity index (χ1n) is 7.46. The Morgan fingerprint density at radius 2 is 1.95 bits per heavy atom. The van der Waals surface area contributed by atoms with E-state index in [-0.39, 0.29) is 0 Å². The van der Waals surface area contributed by atoms with Crippen LogP contribution in [0, 0.1) is 0 Å². The van der Waals surface area contributed by atoms with E-state index < -0.39 is 0 Å². The number of benzene rings is 1. The maximum absolute atomic E-state index is 5.39. The van der Waals surface area contributed by atoms with Gasteiger partial charge in [0.15, 0.2) is 11.5 Å². The maximum Gasteiger partial charge on any atom is 0.161 e. The van der Waals surface area contributed by atoms with Crippen LogP contribution in [0.1, 0.15) is 24.8 Å². The highest BCUT2D eigenvalue weighted by Crippen LogP contribution is 2.33. The van der Waals surface area contributed by atoms with E-state index in [1.807, 2.05) is 12.1 Å². The van der Waals surface area contributed by atoms with Crippen LogP contribution < -0.4 is 14.8 Å². The monoisotopic (exact) mass is 356 g/mol. The van der Waals surface area contributed by atoms with Crippen molar-refractivity contribution < 1.29 is 9.47 Å².